The van der Waals surface area contributed by atoms with Crippen LogP contribution in [-0.2, 0) is 13.5 Å². The van der Waals surface area contributed by atoms with Crippen LogP contribution in [0.4, 0.5) is 0 Å². The van der Waals surface area contributed by atoms with Gasteiger partial charge in [-0.05, 0) is 43.1 Å². The molecule has 3 N–H and O–H groups in total. The van der Waals surface area contributed by atoms with Crippen LogP contribution < -0.4 is 5.73 Å². The van der Waals surface area contributed by atoms with Gasteiger partial charge in [-0.3, -0.25) is 0 Å². The van der Waals surface area contributed by atoms with E-state index < -0.39 is 0 Å². The van der Waals surface area contributed by atoms with Gasteiger partial charge in [0.2, 0.25) is 0 Å². The lowest BCUT2D eigenvalue weighted by atomic mass is 10.1. The molecule has 0 saturated carbocycles. The first kappa shape index (κ1) is 10.1. The molecular formula is C12H16N2O. The molecule has 0 amide bonds. The molecule has 0 unspecified atom stereocenters. The summed E-state index contributed by atoms with van der Waals surface area (Å²) >= 11 is 0. The maximum atomic E-state index is 9.68. The van der Waals surface area contributed by atoms with Gasteiger partial charge < -0.3 is 15.4 Å². The molecule has 0 aliphatic carbocycles. The van der Waals surface area contributed by atoms with Crippen LogP contribution in [0.2, 0.25) is 0 Å². The number of benzene rings is 1. The number of phenols is 1. The minimum absolute atomic E-state index is 0.354. The summed E-state index contributed by atoms with van der Waals surface area (Å²) in [7, 11) is 2.01. The maximum Gasteiger partial charge on any atom is 0.119 e. The van der Waals surface area contributed by atoms with Crippen LogP contribution in [0.5, 0.6) is 5.75 Å². The van der Waals surface area contributed by atoms with Crippen molar-refractivity contribution in [2.75, 3.05) is 6.54 Å². The van der Waals surface area contributed by atoms with Gasteiger partial charge >= 0.3 is 0 Å². The Balaban J connectivity index is 2.70. The standard InChI is InChI=1S/C12H16N2O/c1-8-5-11-10(6-12(8)15)9(3-4-13)7-14(11)2/h5-7,15H,3-4,13H2,1-2H3. The Morgan fingerprint density at radius 3 is 2.80 bits per heavy atom. The molecule has 0 fully saturated rings. The van der Waals surface area contributed by atoms with Crippen molar-refractivity contribution < 1.29 is 5.11 Å². The van der Waals surface area contributed by atoms with Crippen LogP contribution in [0.1, 0.15) is 11.1 Å². The van der Waals surface area contributed by atoms with E-state index in [-0.39, 0.29) is 0 Å². The van der Waals surface area contributed by atoms with Crippen LogP contribution in [0.25, 0.3) is 10.9 Å². The second kappa shape index (κ2) is 3.59. The summed E-state index contributed by atoms with van der Waals surface area (Å²) in [6, 6.07) is 3.83. The van der Waals surface area contributed by atoms with Crippen LogP contribution in [0, 0.1) is 6.92 Å². The largest absolute Gasteiger partial charge is 0.508 e. The molecule has 1 heterocycles. The molecule has 3 heteroatoms. The lowest BCUT2D eigenvalue weighted by Gasteiger charge is -2.01. The maximum absolute atomic E-state index is 9.68. The number of rotatable bonds is 2. The molecule has 1 aromatic heterocycles. The smallest absolute Gasteiger partial charge is 0.119 e. The average Bonchev–Trinajstić information content (AvgIpc) is 2.46. The third kappa shape index (κ3) is 1.59. The molecule has 15 heavy (non-hydrogen) atoms. The van der Waals surface area contributed by atoms with E-state index in [1.54, 1.807) is 0 Å². The van der Waals surface area contributed by atoms with Crippen molar-refractivity contribution in [3.63, 3.8) is 0 Å². The van der Waals surface area contributed by atoms with Gasteiger partial charge in [0.05, 0.1) is 0 Å². The predicted molar refractivity (Wildman–Crippen MR) is 62.1 cm³/mol. The Labute approximate surface area is 89.1 Å². The molecule has 0 atom stereocenters. The number of phenolic OH excluding ortho intramolecular Hbond substituents is 1. The van der Waals surface area contributed by atoms with E-state index in [0.29, 0.717) is 12.3 Å². The van der Waals surface area contributed by atoms with Crippen LogP contribution in [-0.4, -0.2) is 16.2 Å². The third-order valence-electron chi connectivity index (χ3n) is 2.80. The zero-order valence-electron chi connectivity index (χ0n) is 9.12. The van der Waals surface area contributed by atoms with Crippen LogP contribution >= 0.6 is 0 Å². The molecule has 0 bridgehead atoms. The Hall–Kier alpha value is -1.48. The summed E-state index contributed by atoms with van der Waals surface area (Å²) in [5.74, 6) is 0.354. The average molecular weight is 204 g/mol. The SMILES string of the molecule is Cc1cc2c(cc1O)c(CCN)cn2C. The number of hydrogen-bond donors (Lipinski definition) is 2. The summed E-state index contributed by atoms with van der Waals surface area (Å²) < 4.78 is 2.08. The summed E-state index contributed by atoms with van der Waals surface area (Å²) in [4.78, 5) is 0. The van der Waals surface area contributed by atoms with Gasteiger partial charge in [0.25, 0.3) is 0 Å². The Kier molecular flexibility index (Phi) is 2.40. The van der Waals surface area contributed by atoms with Gasteiger partial charge in [-0.25, -0.2) is 0 Å². The van der Waals surface area contributed by atoms with Gasteiger partial charge in [-0.2, -0.15) is 0 Å². The number of aryl methyl sites for hydroxylation is 2. The first-order valence-electron chi connectivity index (χ1n) is 5.11. The lowest BCUT2D eigenvalue weighted by Crippen LogP contribution is -2.01. The van der Waals surface area contributed by atoms with Gasteiger partial charge in [0, 0.05) is 24.1 Å². The molecule has 0 aliphatic rings. The molecule has 1 aromatic carbocycles. The number of fused-ring (bicyclic) bond motifs is 1. The predicted octanol–water partition coefficient (Wildman–Crippen LogP) is 1.69. The number of nitrogens with two attached hydrogens (primary N) is 1. The van der Waals surface area contributed by atoms with E-state index in [1.165, 1.54) is 5.56 Å². The molecule has 3 nitrogen and oxygen atoms in total. The Morgan fingerprint density at radius 2 is 2.13 bits per heavy atom. The Bertz CT molecular complexity index is 500. The topological polar surface area (TPSA) is 51.2 Å². The minimum atomic E-state index is 0.354. The molecule has 0 saturated heterocycles. The van der Waals surface area contributed by atoms with E-state index in [0.717, 1.165) is 22.9 Å². The summed E-state index contributed by atoms with van der Waals surface area (Å²) in [6.07, 6.45) is 2.93. The van der Waals surface area contributed by atoms with E-state index in [4.69, 9.17) is 5.73 Å². The van der Waals surface area contributed by atoms with Crippen LogP contribution in [0.3, 0.4) is 0 Å². The molecule has 0 radical (unpaired) electrons. The molecule has 2 rings (SSSR count). The zero-order chi connectivity index (χ0) is 11.0. The first-order valence-corrected chi connectivity index (χ1v) is 5.11. The summed E-state index contributed by atoms with van der Waals surface area (Å²) in [5.41, 5.74) is 8.81. The first-order chi connectivity index (χ1) is 7.13. The van der Waals surface area contributed by atoms with E-state index in [2.05, 4.69) is 10.8 Å². The molecule has 0 spiro atoms. The highest BCUT2D eigenvalue weighted by Crippen LogP contribution is 2.28. The highest BCUT2D eigenvalue weighted by atomic mass is 16.3. The van der Waals surface area contributed by atoms with Crippen molar-refractivity contribution in [2.45, 2.75) is 13.3 Å². The summed E-state index contributed by atoms with van der Waals surface area (Å²) in [6.45, 7) is 2.54. The fourth-order valence-corrected chi connectivity index (χ4v) is 1.96. The number of nitrogens with zero attached hydrogens (tertiary/aromatic N) is 1. The number of aromatic nitrogens is 1. The van der Waals surface area contributed by atoms with Gasteiger partial charge in [0.15, 0.2) is 0 Å². The van der Waals surface area contributed by atoms with Crippen molar-refractivity contribution in [1.29, 1.82) is 0 Å². The van der Waals surface area contributed by atoms with Crippen molar-refractivity contribution in [3.05, 3.63) is 29.5 Å². The third-order valence-corrected chi connectivity index (χ3v) is 2.80. The number of aromatic hydroxyl groups is 1. The highest BCUT2D eigenvalue weighted by molar-refractivity contribution is 5.86. The zero-order valence-corrected chi connectivity index (χ0v) is 9.12. The Morgan fingerprint density at radius 1 is 1.40 bits per heavy atom. The summed E-state index contributed by atoms with van der Waals surface area (Å²) in [5, 5.41) is 10.8. The van der Waals surface area contributed by atoms with Crippen molar-refractivity contribution in [2.24, 2.45) is 12.8 Å². The monoisotopic (exact) mass is 204 g/mol. The van der Waals surface area contributed by atoms with Crippen molar-refractivity contribution >= 4 is 10.9 Å². The van der Waals surface area contributed by atoms with Gasteiger partial charge in [-0.1, -0.05) is 0 Å². The molecule has 2 aromatic rings. The van der Waals surface area contributed by atoms with E-state index >= 15 is 0 Å². The molecule has 80 valence electrons. The van der Waals surface area contributed by atoms with Crippen molar-refractivity contribution in [3.8, 4) is 5.75 Å². The molecule has 0 aliphatic heterocycles. The van der Waals surface area contributed by atoms with E-state index in [9.17, 15) is 5.11 Å². The highest BCUT2D eigenvalue weighted by Gasteiger charge is 2.08. The van der Waals surface area contributed by atoms with Gasteiger partial charge in [-0.15, -0.1) is 0 Å². The van der Waals surface area contributed by atoms with Crippen LogP contribution in [0.15, 0.2) is 18.3 Å². The second-order valence-corrected chi connectivity index (χ2v) is 3.96. The fourth-order valence-electron chi connectivity index (χ4n) is 1.96. The van der Waals surface area contributed by atoms with E-state index in [1.807, 2.05) is 26.1 Å². The minimum Gasteiger partial charge on any atom is -0.508 e. The van der Waals surface area contributed by atoms with Crippen molar-refractivity contribution in [1.82, 2.24) is 4.57 Å². The lowest BCUT2D eigenvalue weighted by molar-refractivity contribution is 0.472. The fraction of sp³-hybridized carbons (Fsp3) is 0.333. The molecular weight excluding hydrogens is 188 g/mol. The quantitative estimate of drug-likeness (QED) is 0.782. The van der Waals surface area contributed by atoms with Gasteiger partial charge in [0.1, 0.15) is 5.75 Å². The normalized spacial score (nSPS) is 11.1. The second-order valence-electron chi connectivity index (χ2n) is 3.96. The number of hydrogen-bond acceptors (Lipinski definition) is 2.